The number of hydrogen-bond acceptors (Lipinski definition) is 3. The number of Topliss-reactive ketones (excluding diaryl/α,β-unsaturated/α-hetero) is 1. The van der Waals surface area contributed by atoms with Crippen molar-refractivity contribution in [3.05, 3.63) is 11.9 Å². The molecule has 4 nitrogen and oxygen atoms in total. The SMILES string of the molecule is CCCn1nncc1C(=O)CC1CC2CCC1C2. The van der Waals surface area contributed by atoms with Crippen LogP contribution in [0.1, 0.15) is 55.9 Å². The molecule has 2 aliphatic rings. The average Bonchev–Trinajstić information content (AvgIpc) is 3.04. The smallest absolute Gasteiger partial charge is 0.182 e. The van der Waals surface area contributed by atoms with Gasteiger partial charge < -0.3 is 0 Å². The molecule has 0 amide bonds. The van der Waals surface area contributed by atoms with Gasteiger partial charge in [-0.05, 0) is 43.4 Å². The molecular formula is C14H21N3O. The lowest BCUT2D eigenvalue weighted by Crippen LogP contribution is -2.18. The number of nitrogens with zero attached hydrogens (tertiary/aromatic N) is 3. The highest BCUT2D eigenvalue weighted by Crippen LogP contribution is 2.49. The quantitative estimate of drug-likeness (QED) is 0.752. The molecule has 3 rings (SSSR count). The molecule has 3 unspecified atom stereocenters. The van der Waals surface area contributed by atoms with Gasteiger partial charge in [0.25, 0.3) is 0 Å². The second-order valence-electron chi connectivity index (χ2n) is 5.90. The topological polar surface area (TPSA) is 47.8 Å². The summed E-state index contributed by atoms with van der Waals surface area (Å²) in [6.07, 6.45) is 8.69. The first-order valence-corrected chi connectivity index (χ1v) is 7.19. The lowest BCUT2D eigenvalue weighted by Gasteiger charge is -2.20. The van der Waals surface area contributed by atoms with Crippen molar-refractivity contribution in [1.29, 1.82) is 0 Å². The molecule has 1 aromatic rings. The standard InChI is InChI=1S/C14H21N3O/c1-2-5-17-13(9-15-16-17)14(18)8-12-7-10-3-4-11(12)6-10/h9-12H,2-8H2,1H3. The van der Waals surface area contributed by atoms with Crippen LogP contribution in [0.4, 0.5) is 0 Å². The van der Waals surface area contributed by atoms with Crippen LogP contribution in [0.15, 0.2) is 6.20 Å². The van der Waals surface area contributed by atoms with Crippen LogP contribution in [0.2, 0.25) is 0 Å². The van der Waals surface area contributed by atoms with Gasteiger partial charge in [-0.1, -0.05) is 18.6 Å². The zero-order valence-electron chi connectivity index (χ0n) is 11.0. The molecule has 0 aromatic carbocycles. The van der Waals surface area contributed by atoms with Crippen LogP contribution in [0, 0.1) is 17.8 Å². The lowest BCUT2D eigenvalue weighted by atomic mass is 9.85. The molecule has 2 bridgehead atoms. The fraction of sp³-hybridized carbons (Fsp3) is 0.786. The predicted octanol–water partition coefficient (Wildman–Crippen LogP) is 2.70. The summed E-state index contributed by atoms with van der Waals surface area (Å²) < 4.78 is 1.76. The van der Waals surface area contributed by atoms with Crippen molar-refractivity contribution in [2.45, 2.75) is 52.0 Å². The summed E-state index contributed by atoms with van der Waals surface area (Å²) in [5.41, 5.74) is 0.708. The molecule has 3 atom stereocenters. The normalized spacial score (nSPS) is 29.9. The van der Waals surface area contributed by atoms with Crippen LogP contribution >= 0.6 is 0 Å². The monoisotopic (exact) mass is 247 g/mol. The molecule has 0 aliphatic heterocycles. The van der Waals surface area contributed by atoms with E-state index in [0.717, 1.165) is 24.8 Å². The van der Waals surface area contributed by atoms with Crippen molar-refractivity contribution < 1.29 is 4.79 Å². The van der Waals surface area contributed by atoms with Gasteiger partial charge in [0, 0.05) is 13.0 Å². The van der Waals surface area contributed by atoms with Crippen molar-refractivity contribution >= 4 is 5.78 Å². The number of aryl methyl sites for hydroxylation is 1. The number of hydrogen-bond donors (Lipinski definition) is 0. The molecule has 0 radical (unpaired) electrons. The first-order valence-electron chi connectivity index (χ1n) is 7.19. The minimum absolute atomic E-state index is 0.242. The Hall–Kier alpha value is -1.19. The van der Waals surface area contributed by atoms with Crippen molar-refractivity contribution in [1.82, 2.24) is 15.0 Å². The fourth-order valence-electron chi connectivity index (χ4n) is 3.82. The number of ketones is 1. The van der Waals surface area contributed by atoms with E-state index in [4.69, 9.17) is 0 Å². The molecule has 0 N–H and O–H groups in total. The maximum atomic E-state index is 12.3. The lowest BCUT2D eigenvalue weighted by molar-refractivity contribution is 0.0933. The number of aromatic nitrogens is 3. The first kappa shape index (κ1) is 11.9. The van der Waals surface area contributed by atoms with Crippen molar-refractivity contribution in [3.8, 4) is 0 Å². The van der Waals surface area contributed by atoms with Crippen LogP contribution < -0.4 is 0 Å². The van der Waals surface area contributed by atoms with Gasteiger partial charge in [0.1, 0.15) is 5.69 Å². The molecule has 0 saturated heterocycles. The van der Waals surface area contributed by atoms with Crippen LogP contribution in [-0.2, 0) is 6.54 Å². The van der Waals surface area contributed by atoms with E-state index < -0.39 is 0 Å². The van der Waals surface area contributed by atoms with Crippen LogP contribution in [0.3, 0.4) is 0 Å². The van der Waals surface area contributed by atoms with Crippen LogP contribution in [0.25, 0.3) is 0 Å². The number of carbonyl (C=O) groups is 1. The van der Waals surface area contributed by atoms with E-state index in [2.05, 4.69) is 17.2 Å². The summed E-state index contributed by atoms with van der Waals surface area (Å²) in [5, 5.41) is 7.87. The van der Waals surface area contributed by atoms with Gasteiger partial charge in [-0.25, -0.2) is 4.68 Å². The maximum Gasteiger partial charge on any atom is 0.182 e. The molecule has 18 heavy (non-hydrogen) atoms. The molecule has 2 aliphatic carbocycles. The Kier molecular flexibility index (Phi) is 3.18. The second-order valence-corrected chi connectivity index (χ2v) is 5.90. The molecule has 4 heteroatoms. The molecule has 1 aromatic heterocycles. The summed E-state index contributed by atoms with van der Waals surface area (Å²) in [7, 11) is 0. The second kappa shape index (κ2) is 4.82. The van der Waals surface area contributed by atoms with Gasteiger partial charge in [-0.15, -0.1) is 5.10 Å². The van der Waals surface area contributed by atoms with Gasteiger partial charge in [0.05, 0.1) is 6.20 Å². The minimum Gasteiger partial charge on any atom is -0.292 e. The van der Waals surface area contributed by atoms with Gasteiger partial charge in [-0.3, -0.25) is 4.79 Å². The van der Waals surface area contributed by atoms with E-state index in [9.17, 15) is 4.79 Å². The fourth-order valence-corrected chi connectivity index (χ4v) is 3.82. The van der Waals surface area contributed by atoms with Gasteiger partial charge in [0.15, 0.2) is 5.78 Å². The predicted molar refractivity (Wildman–Crippen MR) is 68.2 cm³/mol. The third kappa shape index (κ3) is 2.08. The zero-order chi connectivity index (χ0) is 12.5. The number of fused-ring (bicyclic) bond motifs is 2. The van der Waals surface area contributed by atoms with E-state index in [-0.39, 0.29) is 5.78 Å². The summed E-state index contributed by atoms with van der Waals surface area (Å²) in [5.74, 6) is 2.59. The molecule has 2 saturated carbocycles. The van der Waals surface area contributed by atoms with E-state index in [1.165, 1.54) is 25.7 Å². The third-order valence-corrected chi connectivity index (χ3v) is 4.67. The van der Waals surface area contributed by atoms with Gasteiger partial charge in [-0.2, -0.15) is 0 Å². The molecule has 2 fully saturated rings. The largest absolute Gasteiger partial charge is 0.292 e. The average molecular weight is 247 g/mol. The summed E-state index contributed by atoms with van der Waals surface area (Å²) >= 11 is 0. The molecule has 98 valence electrons. The maximum absolute atomic E-state index is 12.3. The zero-order valence-corrected chi connectivity index (χ0v) is 11.0. The van der Waals surface area contributed by atoms with Crippen molar-refractivity contribution in [3.63, 3.8) is 0 Å². The number of rotatable bonds is 5. The summed E-state index contributed by atoms with van der Waals surface area (Å²) in [6.45, 7) is 2.88. The highest BCUT2D eigenvalue weighted by Gasteiger charge is 2.40. The Bertz CT molecular complexity index is 440. The van der Waals surface area contributed by atoms with E-state index in [1.54, 1.807) is 10.9 Å². The Balaban J connectivity index is 1.66. The molecule has 0 spiro atoms. The Morgan fingerprint density at radius 1 is 1.44 bits per heavy atom. The van der Waals surface area contributed by atoms with Crippen molar-refractivity contribution in [2.24, 2.45) is 17.8 Å². The van der Waals surface area contributed by atoms with Crippen LogP contribution in [-0.4, -0.2) is 20.8 Å². The van der Waals surface area contributed by atoms with Gasteiger partial charge >= 0.3 is 0 Å². The minimum atomic E-state index is 0.242. The van der Waals surface area contributed by atoms with E-state index in [1.807, 2.05) is 0 Å². The van der Waals surface area contributed by atoms with Crippen molar-refractivity contribution in [2.75, 3.05) is 0 Å². The first-order chi connectivity index (χ1) is 8.78. The molecule has 1 heterocycles. The highest BCUT2D eigenvalue weighted by molar-refractivity contribution is 5.94. The Labute approximate surface area is 108 Å². The van der Waals surface area contributed by atoms with E-state index in [0.29, 0.717) is 18.0 Å². The van der Waals surface area contributed by atoms with Gasteiger partial charge in [0.2, 0.25) is 0 Å². The van der Waals surface area contributed by atoms with Crippen LogP contribution in [0.5, 0.6) is 0 Å². The Morgan fingerprint density at radius 3 is 3.00 bits per heavy atom. The number of carbonyl (C=O) groups excluding carboxylic acids is 1. The highest BCUT2D eigenvalue weighted by atomic mass is 16.1. The summed E-state index contributed by atoms with van der Waals surface area (Å²) in [6, 6.07) is 0. The Morgan fingerprint density at radius 2 is 2.33 bits per heavy atom. The van der Waals surface area contributed by atoms with E-state index >= 15 is 0 Å². The third-order valence-electron chi connectivity index (χ3n) is 4.67. The molecular weight excluding hydrogens is 226 g/mol. The summed E-state index contributed by atoms with van der Waals surface area (Å²) in [4.78, 5) is 12.3.